The lowest BCUT2D eigenvalue weighted by molar-refractivity contribution is -0.137. The molecule has 5 aromatic rings. The predicted octanol–water partition coefficient (Wildman–Crippen LogP) is 6.88. The van der Waals surface area contributed by atoms with Gasteiger partial charge in [0.2, 0.25) is 5.95 Å². The molecule has 1 amide bonds. The molecule has 7 nitrogen and oxygen atoms in total. The van der Waals surface area contributed by atoms with Crippen LogP contribution in [0.25, 0.3) is 33.2 Å². The van der Waals surface area contributed by atoms with Crippen molar-refractivity contribution in [3.05, 3.63) is 94.9 Å². The summed E-state index contributed by atoms with van der Waals surface area (Å²) in [4.78, 5) is 25.4. The van der Waals surface area contributed by atoms with Gasteiger partial charge in [-0.25, -0.2) is 9.97 Å². The highest BCUT2D eigenvalue weighted by Crippen LogP contribution is 2.45. The van der Waals surface area contributed by atoms with Crippen LogP contribution in [0.15, 0.2) is 73.2 Å². The Balaban J connectivity index is 1.62. The molecule has 0 aliphatic heterocycles. The van der Waals surface area contributed by atoms with Gasteiger partial charge in [-0.2, -0.15) is 13.2 Å². The fourth-order valence-corrected chi connectivity index (χ4v) is 4.46. The average Bonchev–Trinajstić information content (AvgIpc) is 2.89. The van der Waals surface area contributed by atoms with Crippen molar-refractivity contribution in [2.75, 3.05) is 11.1 Å². The van der Waals surface area contributed by atoms with Gasteiger partial charge in [0, 0.05) is 46.4 Å². The van der Waals surface area contributed by atoms with E-state index in [0.717, 1.165) is 17.7 Å². The Hall–Kier alpha value is -4.70. The summed E-state index contributed by atoms with van der Waals surface area (Å²) in [6, 6.07) is 12.4. The van der Waals surface area contributed by atoms with E-state index in [4.69, 9.17) is 17.3 Å². The van der Waals surface area contributed by atoms with Crippen LogP contribution in [0.3, 0.4) is 0 Å². The number of phenolic OH excluding ortho intramolecular Hbond substituents is 1. The minimum Gasteiger partial charge on any atom is -0.507 e. The number of carbonyl (C=O) groups is 1. The molecule has 4 N–H and O–H groups in total. The molecule has 2 aromatic heterocycles. The number of pyridine rings is 1. The summed E-state index contributed by atoms with van der Waals surface area (Å²) in [6.45, 7) is 1.80. The number of nitrogens with two attached hydrogens (primary N) is 1. The molecule has 0 spiro atoms. The number of nitrogens with one attached hydrogen (secondary N) is 1. The molecule has 0 aliphatic rings. The summed E-state index contributed by atoms with van der Waals surface area (Å²) in [5.74, 6) is -0.776. The van der Waals surface area contributed by atoms with Gasteiger partial charge in [-0.1, -0.05) is 23.7 Å². The molecule has 39 heavy (non-hydrogen) atoms. The molecule has 0 atom stereocenters. The molecular weight excluding hydrogens is 531 g/mol. The van der Waals surface area contributed by atoms with Gasteiger partial charge in [-0.05, 0) is 60.5 Å². The molecule has 0 aliphatic carbocycles. The zero-order valence-corrected chi connectivity index (χ0v) is 21.0. The second kappa shape index (κ2) is 9.88. The number of nitrogen functional groups attached to an aromatic ring is 1. The van der Waals surface area contributed by atoms with Crippen LogP contribution in [-0.4, -0.2) is 26.0 Å². The first-order chi connectivity index (χ1) is 18.5. The molecule has 0 fully saturated rings. The number of phenols is 1. The van der Waals surface area contributed by atoms with Crippen molar-refractivity contribution in [2.24, 2.45) is 0 Å². The zero-order valence-electron chi connectivity index (χ0n) is 20.2. The standard InChI is InChI=1S/C28H19ClF3N5O2/c1-14-5-6-15(26(39)36-18-4-2-3-17(11-18)28(30,31)32)9-20(14)21-10-16-12-35-27(33)37-24(16)23(25(21)38)19-7-8-34-13-22(19)29/h2-13,38H,1H3,(H,36,39)(H2,33,35,37). The highest BCUT2D eigenvalue weighted by atomic mass is 35.5. The lowest BCUT2D eigenvalue weighted by Crippen LogP contribution is -2.13. The van der Waals surface area contributed by atoms with E-state index < -0.39 is 17.6 Å². The van der Waals surface area contributed by atoms with Gasteiger partial charge in [0.15, 0.2) is 0 Å². The molecular formula is C28H19ClF3N5O2. The predicted molar refractivity (Wildman–Crippen MR) is 143 cm³/mol. The van der Waals surface area contributed by atoms with E-state index in [1.54, 1.807) is 37.3 Å². The molecule has 0 unspecified atom stereocenters. The number of benzene rings is 3. The molecule has 3 aromatic carbocycles. The number of aryl methyl sites for hydroxylation is 1. The van der Waals surface area contributed by atoms with E-state index >= 15 is 0 Å². The number of nitrogens with zero attached hydrogens (tertiary/aromatic N) is 3. The number of fused-ring (bicyclic) bond motifs is 1. The zero-order chi connectivity index (χ0) is 27.9. The maximum Gasteiger partial charge on any atom is 0.416 e. The van der Waals surface area contributed by atoms with E-state index in [2.05, 4.69) is 20.3 Å². The van der Waals surface area contributed by atoms with Crippen LogP contribution in [0.2, 0.25) is 5.02 Å². The van der Waals surface area contributed by atoms with Gasteiger partial charge in [-0.15, -0.1) is 0 Å². The topological polar surface area (TPSA) is 114 Å². The number of anilines is 2. The van der Waals surface area contributed by atoms with Crippen LogP contribution in [-0.2, 0) is 6.18 Å². The number of aromatic nitrogens is 3. The third-order valence-corrected chi connectivity index (χ3v) is 6.44. The first kappa shape index (κ1) is 25.9. The van der Waals surface area contributed by atoms with Gasteiger partial charge >= 0.3 is 6.18 Å². The van der Waals surface area contributed by atoms with Crippen LogP contribution in [0.5, 0.6) is 5.75 Å². The number of aromatic hydroxyl groups is 1. The Labute approximate surface area is 225 Å². The second-order valence-corrected chi connectivity index (χ2v) is 9.14. The fourth-order valence-electron chi connectivity index (χ4n) is 4.25. The smallest absolute Gasteiger partial charge is 0.416 e. The lowest BCUT2D eigenvalue weighted by atomic mass is 9.91. The Morgan fingerprint density at radius 3 is 2.56 bits per heavy atom. The minimum absolute atomic E-state index is 0.00476. The largest absolute Gasteiger partial charge is 0.507 e. The highest BCUT2D eigenvalue weighted by Gasteiger charge is 2.30. The quantitative estimate of drug-likeness (QED) is 0.225. The van der Waals surface area contributed by atoms with Crippen molar-refractivity contribution in [2.45, 2.75) is 13.1 Å². The summed E-state index contributed by atoms with van der Waals surface area (Å²) >= 11 is 6.41. The van der Waals surface area contributed by atoms with Crippen molar-refractivity contribution in [1.29, 1.82) is 0 Å². The molecule has 0 bridgehead atoms. The highest BCUT2D eigenvalue weighted by molar-refractivity contribution is 6.33. The fraction of sp³-hybridized carbons (Fsp3) is 0.0714. The Morgan fingerprint density at radius 2 is 1.82 bits per heavy atom. The maximum atomic E-state index is 13.1. The first-order valence-electron chi connectivity index (χ1n) is 11.5. The van der Waals surface area contributed by atoms with Crippen LogP contribution in [0.4, 0.5) is 24.8 Å². The maximum absolute atomic E-state index is 13.1. The second-order valence-electron chi connectivity index (χ2n) is 8.73. The van der Waals surface area contributed by atoms with Crippen molar-refractivity contribution >= 4 is 40.0 Å². The van der Waals surface area contributed by atoms with Gasteiger partial charge in [0.25, 0.3) is 5.91 Å². The third kappa shape index (κ3) is 5.06. The SMILES string of the molecule is Cc1ccc(C(=O)Nc2cccc(C(F)(F)F)c2)cc1-c1cc2cnc(N)nc2c(-c2ccncc2Cl)c1O. The van der Waals surface area contributed by atoms with Crippen molar-refractivity contribution < 1.29 is 23.1 Å². The number of halogens is 4. The Morgan fingerprint density at radius 1 is 1.03 bits per heavy atom. The van der Waals surface area contributed by atoms with Crippen LogP contribution in [0, 0.1) is 6.92 Å². The number of carbonyl (C=O) groups excluding carboxylic acids is 1. The number of alkyl halides is 3. The molecule has 5 rings (SSSR count). The summed E-state index contributed by atoms with van der Waals surface area (Å²) in [5, 5.41) is 14.8. The van der Waals surface area contributed by atoms with Gasteiger partial charge in [0.1, 0.15) is 5.75 Å². The van der Waals surface area contributed by atoms with Crippen LogP contribution in [0.1, 0.15) is 21.5 Å². The van der Waals surface area contributed by atoms with Crippen LogP contribution >= 0.6 is 11.6 Å². The van der Waals surface area contributed by atoms with E-state index in [1.807, 2.05) is 0 Å². The number of hydrogen-bond donors (Lipinski definition) is 3. The van der Waals surface area contributed by atoms with Crippen molar-refractivity contribution in [3.63, 3.8) is 0 Å². The molecule has 196 valence electrons. The van der Waals surface area contributed by atoms with Crippen LogP contribution < -0.4 is 11.1 Å². The molecule has 0 saturated heterocycles. The van der Waals surface area contributed by atoms with Gasteiger partial charge in [0.05, 0.1) is 21.7 Å². The molecule has 0 radical (unpaired) electrons. The summed E-state index contributed by atoms with van der Waals surface area (Å²) < 4.78 is 39.3. The molecule has 11 heteroatoms. The third-order valence-electron chi connectivity index (χ3n) is 6.14. The minimum atomic E-state index is -4.55. The summed E-state index contributed by atoms with van der Waals surface area (Å²) in [7, 11) is 0. The van der Waals surface area contributed by atoms with E-state index in [9.17, 15) is 23.1 Å². The van der Waals surface area contributed by atoms with Crippen molar-refractivity contribution in [3.8, 4) is 28.0 Å². The van der Waals surface area contributed by atoms with E-state index in [-0.39, 0.29) is 28.0 Å². The monoisotopic (exact) mass is 549 g/mol. The number of hydrogen-bond acceptors (Lipinski definition) is 6. The number of rotatable bonds is 4. The van der Waals surface area contributed by atoms with Crippen molar-refractivity contribution in [1.82, 2.24) is 15.0 Å². The lowest BCUT2D eigenvalue weighted by Gasteiger charge is -2.17. The summed E-state index contributed by atoms with van der Waals surface area (Å²) in [6.07, 6.45) is -0.0784. The van der Waals surface area contributed by atoms with E-state index in [1.165, 1.54) is 30.7 Å². The molecule has 0 saturated carbocycles. The average molecular weight is 550 g/mol. The van der Waals surface area contributed by atoms with Gasteiger partial charge in [-0.3, -0.25) is 9.78 Å². The normalized spacial score (nSPS) is 11.5. The molecule has 2 heterocycles. The number of amides is 1. The van der Waals surface area contributed by atoms with E-state index in [0.29, 0.717) is 33.2 Å². The Kier molecular flexibility index (Phi) is 6.57. The Bertz CT molecular complexity index is 1760. The first-order valence-corrected chi connectivity index (χ1v) is 11.9. The van der Waals surface area contributed by atoms with Gasteiger partial charge < -0.3 is 16.2 Å². The summed E-state index contributed by atoms with van der Waals surface area (Å²) in [5.41, 5.74) is 7.85.